The zero-order valence-electron chi connectivity index (χ0n) is 4.72. The molecule has 1 atom stereocenters. The fourth-order valence-corrected chi connectivity index (χ4v) is 0.575. The second-order valence-electron chi connectivity index (χ2n) is 1.55. The molecule has 0 aromatic heterocycles. The Morgan fingerprint density at radius 2 is 1.55 bits per heavy atom. The summed E-state index contributed by atoms with van der Waals surface area (Å²) in [7, 11) is 0. The predicted molar refractivity (Wildman–Crippen MR) is 35.5 cm³/mol. The van der Waals surface area contributed by atoms with Crippen molar-refractivity contribution in [3.63, 3.8) is 0 Å². The van der Waals surface area contributed by atoms with Crippen molar-refractivity contribution in [2.24, 2.45) is 0 Å². The fourth-order valence-electron chi connectivity index (χ4n) is 0.219. The number of hydrogen-bond acceptors (Lipinski definition) is 0. The first-order valence-corrected chi connectivity index (χ1v) is 3.28. The van der Waals surface area contributed by atoms with Crippen molar-refractivity contribution in [2.75, 3.05) is 0 Å². The second-order valence-corrected chi connectivity index (χ2v) is 2.94. The van der Waals surface area contributed by atoms with E-state index in [1.54, 1.807) is 0 Å². The predicted octanol–water partition coefficient (Wildman–Crippen LogP) is 3.77. The Morgan fingerprint density at radius 1 is 1.18 bits per heavy atom. The maximum atomic E-state index is 12.3. The van der Waals surface area contributed by atoms with Gasteiger partial charge in [0.05, 0.1) is 0 Å². The van der Waals surface area contributed by atoms with Gasteiger partial charge in [0.1, 0.15) is 0 Å². The van der Waals surface area contributed by atoms with Gasteiger partial charge in [-0.25, -0.2) is 4.39 Å². The van der Waals surface area contributed by atoms with Crippen molar-refractivity contribution < 1.29 is 17.6 Å². The molecule has 0 aliphatic heterocycles. The molecule has 66 valence electrons. The van der Waals surface area contributed by atoms with Crippen LogP contribution in [-0.2, 0) is 0 Å². The van der Waals surface area contributed by atoms with E-state index >= 15 is 0 Å². The molecule has 0 N–H and O–H groups in total. The molecule has 0 heterocycles. The summed E-state index contributed by atoms with van der Waals surface area (Å²) in [6.45, 7) is 0. The minimum Gasteiger partial charge on any atom is -0.213 e. The van der Waals surface area contributed by atoms with Crippen LogP contribution in [0.3, 0.4) is 0 Å². The summed E-state index contributed by atoms with van der Waals surface area (Å²) in [4.78, 5) is 0. The van der Waals surface area contributed by atoms with Gasteiger partial charge in [-0.15, -0.1) is 0 Å². The molecule has 0 rings (SSSR count). The van der Waals surface area contributed by atoms with Crippen molar-refractivity contribution in [2.45, 2.75) is 10.5 Å². The topological polar surface area (TPSA) is 0 Å². The van der Waals surface area contributed by atoms with Crippen LogP contribution >= 0.6 is 34.8 Å². The average molecular weight is 231 g/mol. The van der Waals surface area contributed by atoms with E-state index in [4.69, 9.17) is 0 Å². The normalized spacial score (nSPS) is 19.7. The molecular formula is C4HCl3F4. The molecule has 0 bridgehead atoms. The summed E-state index contributed by atoms with van der Waals surface area (Å²) in [5.41, 5.74) is 0. The smallest absolute Gasteiger partial charge is 0.213 e. The number of allylic oxidation sites excluding steroid dienone is 1. The maximum absolute atomic E-state index is 12.3. The molecule has 0 fully saturated rings. The van der Waals surface area contributed by atoms with E-state index in [2.05, 4.69) is 34.8 Å². The molecule has 7 heteroatoms. The molecular weight excluding hydrogens is 230 g/mol. The zero-order valence-corrected chi connectivity index (χ0v) is 6.99. The van der Waals surface area contributed by atoms with Gasteiger partial charge >= 0.3 is 5.38 Å². The molecule has 1 unspecified atom stereocenters. The highest BCUT2D eigenvalue weighted by molar-refractivity contribution is 6.34. The largest absolute Gasteiger partial charge is 0.372 e. The van der Waals surface area contributed by atoms with Crippen LogP contribution in [-0.4, -0.2) is 10.5 Å². The highest BCUT2D eigenvalue weighted by Crippen LogP contribution is 2.41. The van der Waals surface area contributed by atoms with Crippen molar-refractivity contribution in [3.8, 4) is 0 Å². The Kier molecular flexibility index (Phi) is 3.47. The number of halogens is 7. The molecule has 0 aliphatic carbocycles. The van der Waals surface area contributed by atoms with Crippen molar-refractivity contribution in [3.05, 3.63) is 11.4 Å². The van der Waals surface area contributed by atoms with Gasteiger partial charge < -0.3 is 0 Å². The monoisotopic (exact) mass is 230 g/mol. The summed E-state index contributed by atoms with van der Waals surface area (Å²) in [5, 5.41) is -9.90. The quantitative estimate of drug-likeness (QED) is 0.501. The first kappa shape index (κ1) is 11.3. The summed E-state index contributed by atoms with van der Waals surface area (Å²) in [5.74, 6) is 0. The van der Waals surface area contributed by atoms with Crippen LogP contribution in [0.4, 0.5) is 17.6 Å². The van der Waals surface area contributed by atoms with E-state index in [1.165, 1.54) is 0 Å². The Balaban J connectivity index is 4.61. The first-order valence-electron chi connectivity index (χ1n) is 2.15. The van der Waals surface area contributed by atoms with Crippen LogP contribution in [0.1, 0.15) is 0 Å². The lowest BCUT2D eigenvalue weighted by Crippen LogP contribution is -2.31. The molecule has 11 heavy (non-hydrogen) atoms. The minimum atomic E-state index is -4.40. The summed E-state index contributed by atoms with van der Waals surface area (Å²) >= 11 is 13.1. The number of hydrogen-bond donors (Lipinski definition) is 0. The van der Waals surface area contributed by atoms with Gasteiger partial charge in [0, 0.05) is 6.08 Å². The van der Waals surface area contributed by atoms with Crippen molar-refractivity contribution in [1.82, 2.24) is 0 Å². The van der Waals surface area contributed by atoms with E-state index in [1.807, 2.05) is 0 Å². The Labute approximate surface area is 74.7 Å². The molecule has 0 aromatic rings. The standard InChI is InChI=1S/C4HCl3F4/c5-2(8)1-3(6,9)4(7,10)11/h1H/b2-1+. The Bertz CT molecular complexity index is 167. The van der Waals surface area contributed by atoms with Gasteiger partial charge in [0.25, 0.3) is 5.13 Å². The van der Waals surface area contributed by atoms with Crippen LogP contribution < -0.4 is 0 Å². The maximum Gasteiger partial charge on any atom is 0.372 e. The van der Waals surface area contributed by atoms with Gasteiger partial charge in [-0.05, 0) is 11.6 Å². The van der Waals surface area contributed by atoms with Gasteiger partial charge in [0.15, 0.2) is 5.29 Å². The molecule has 0 saturated carbocycles. The molecule has 0 aliphatic rings. The third-order valence-corrected chi connectivity index (χ3v) is 1.50. The first-order chi connectivity index (χ1) is 4.67. The number of alkyl halides is 5. The van der Waals surface area contributed by atoms with Gasteiger partial charge in [-0.3, -0.25) is 0 Å². The Morgan fingerprint density at radius 3 is 1.64 bits per heavy atom. The molecule has 0 nitrogen and oxygen atoms in total. The molecule has 0 aromatic carbocycles. The summed E-state index contributed by atoms with van der Waals surface area (Å²) < 4.78 is 47.7. The number of rotatable bonds is 2. The van der Waals surface area contributed by atoms with Crippen molar-refractivity contribution >= 4 is 34.8 Å². The third kappa shape index (κ3) is 3.49. The summed E-state index contributed by atoms with van der Waals surface area (Å²) in [6, 6.07) is 0. The Hall–Kier alpha value is 0.330. The van der Waals surface area contributed by atoms with Crippen LogP contribution in [0.2, 0.25) is 0 Å². The van der Waals surface area contributed by atoms with E-state index in [9.17, 15) is 17.6 Å². The molecule has 0 spiro atoms. The minimum absolute atomic E-state index is 0.330. The molecule has 0 saturated heterocycles. The fraction of sp³-hybridized carbons (Fsp3) is 0.500. The van der Waals surface area contributed by atoms with Gasteiger partial charge in [-0.1, -0.05) is 23.2 Å². The SMILES string of the molecule is F/C(Cl)=C/C(F)(Cl)C(F)(F)Cl. The van der Waals surface area contributed by atoms with Crippen LogP contribution in [0.15, 0.2) is 11.4 Å². The van der Waals surface area contributed by atoms with Crippen LogP contribution in [0.25, 0.3) is 0 Å². The zero-order chi connectivity index (χ0) is 9.28. The van der Waals surface area contributed by atoms with E-state index in [0.717, 1.165) is 0 Å². The van der Waals surface area contributed by atoms with E-state index in [-0.39, 0.29) is 6.08 Å². The highest BCUT2D eigenvalue weighted by atomic mass is 35.5. The van der Waals surface area contributed by atoms with E-state index < -0.39 is 15.8 Å². The summed E-state index contributed by atoms with van der Waals surface area (Å²) in [6.07, 6.45) is -0.330. The lowest BCUT2D eigenvalue weighted by Gasteiger charge is -2.17. The van der Waals surface area contributed by atoms with E-state index in [0.29, 0.717) is 0 Å². The second kappa shape index (κ2) is 3.37. The molecule has 0 amide bonds. The highest BCUT2D eigenvalue weighted by Gasteiger charge is 2.51. The average Bonchev–Trinajstić information content (AvgIpc) is 1.56. The van der Waals surface area contributed by atoms with Crippen LogP contribution in [0, 0.1) is 0 Å². The van der Waals surface area contributed by atoms with Crippen LogP contribution in [0.5, 0.6) is 0 Å². The lowest BCUT2D eigenvalue weighted by atomic mass is 10.4. The molecule has 0 radical (unpaired) electrons. The van der Waals surface area contributed by atoms with Gasteiger partial charge in [0.2, 0.25) is 0 Å². The van der Waals surface area contributed by atoms with Crippen molar-refractivity contribution in [1.29, 1.82) is 0 Å². The lowest BCUT2D eigenvalue weighted by molar-refractivity contribution is 0.00562. The third-order valence-electron chi connectivity index (χ3n) is 0.668. The van der Waals surface area contributed by atoms with Gasteiger partial charge in [-0.2, -0.15) is 13.2 Å².